The van der Waals surface area contributed by atoms with E-state index in [2.05, 4.69) is 21.8 Å². The first kappa shape index (κ1) is 23.3. The molecule has 1 aliphatic rings. The number of aryl methyl sites for hydroxylation is 1. The van der Waals surface area contributed by atoms with Gasteiger partial charge in [-0.2, -0.15) is 0 Å². The average Bonchev–Trinajstić information content (AvgIpc) is 2.81. The molecule has 172 valence electrons. The van der Waals surface area contributed by atoms with Gasteiger partial charge in [-0.3, -0.25) is 14.4 Å². The Morgan fingerprint density at radius 1 is 0.939 bits per heavy atom. The highest BCUT2D eigenvalue weighted by molar-refractivity contribution is 7.92. The Bertz CT molecular complexity index is 1220. The Kier molecular flexibility index (Phi) is 7.02. The van der Waals surface area contributed by atoms with Crippen molar-refractivity contribution in [3.63, 3.8) is 0 Å². The molecule has 0 spiro atoms. The van der Waals surface area contributed by atoms with Crippen LogP contribution >= 0.6 is 11.6 Å². The normalized spacial score (nSPS) is 14.8. The molecule has 1 amide bonds. The van der Waals surface area contributed by atoms with Crippen molar-refractivity contribution in [2.24, 2.45) is 0 Å². The molecule has 0 radical (unpaired) electrons. The van der Waals surface area contributed by atoms with Gasteiger partial charge >= 0.3 is 0 Å². The molecule has 1 heterocycles. The highest BCUT2D eigenvalue weighted by atomic mass is 35.5. The smallest absolute Gasteiger partial charge is 0.261 e. The third-order valence-corrected chi connectivity index (χ3v) is 7.42. The zero-order valence-electron chi connectivity index (χ0n) is 18.4. The summed E-state index contributed by atoms with van der Waals surface area (Å²) >= 11 is 6.32. The van der Waals surface area contributed by atoms with Gasteiger partial charge in [-0.05, 0) is 42.8 Å². The van der Waals surface area contributed by atoms with Gasteiger partial charge in [0.15, 0.2) is 0 Å². The second-order valence-corrected chi connectivity index (χ2v) is 10.3. The van der Waals surface area contributed by atoms with E-state index >= 15 is 0 Å². The summed E-state index contributed by atoms with van der Waals surface area (Å²) in [5, 5.41) is 0.296. The fourth-order valence-electron chi connectivity index (χ4n) is 3.81. The van der Waals surface area contributed by atoms with E-state index in [0.717, 1.165) is 25.2 Å². The largest absolute Gasteiger partial charge is 0.336 e. The predicted octanol–water partition coefficient (Wildman–Crippen LogP) is 4.41. The Labute approximate surface area is 199 Å². The molecule has 0 aromatic heterocycles. The van der Waals surface area contributed by atoms with Crippen molar-refractivity contribution in [3.8, 4) is 0 Å². The number of hydrogen-bond donors (Lipinski definition) is 1. The number of nitrogens with one attached hydrogen (secondary N) is 1. The number of rotatable bonds is 6. The lowest BCUT2D eigenvalue weighted by atomic mass is 10.1. The molecule has 0 saturated carbocycles. The topological polar surface area (TPSA) is 69.7 Å². The molecule has 3 aromatic carbocycles. The third-order valence-electron chi connectivity index (χ3n) is 5.69. The third kappa shape index (κ3) is 5.74. The maximum atomic E-state index is 13.2. The fourth-order valence-corrected chi connectivity index (χ4v) is 5.05. The van der Waals surface area contributed by atoms with E-state index in [1.807, 2.05) is 25.1 Å². The maximum absolute atomic E-state index is 13.2. The van der Waals surface area contributed by atoms with Crippen LogP contribution in [0.15, 0.2) is 77.7 Å². The quantitative estimate of drug-likeness (QED) is 0.564. The standard InChI is InChI=1S/C25H26ClN3O3S/c1-19-7-10-22(11-8-19)33(31,32)27-21-9-12-24(26)23(17-21)25(30)29-15-13-28(14-16-29)18-20-5-3-2-4-6-20/h2-12,17,27H,13-16,18H2,1H3. The molecule has 1 N–H and O–H groups in total. The molecule has 4 rings (SSSR count). The molecule has 33 heavy (non-hydrogen) atoms. The van der Waals surface area contributed by atoms with Gasteiger partial charge in [0.2, 0.25) is 0 Å². The second kappa shape index (κ2) is 9.95. The van der Waals surface area contributed by atoms with Crippen LogP contribution in [-0.2, 0) is 16.6 Å². The van der Waals surface area contributed by atoms with Crippen molar-refractivity contribution >= 4 is 33.2 Å². The van der Waals surface area contributed by atoms with Gasteiger partial charge in [0.1, 0.15) is 0 Å². The van der Waals surface area contributed by atoms with Crippen molar-refractivity contribution in [2.75, 3.05) is 30.9 Å². The van der Waals surface area contributed by atoms with Gasteiger partial charge < -0.3 is 4.90 Å². The monoisotopic (exact) mass is 483 g/mol. The molecule has 8 heteroatoms. The number of sulfonamides is 1. The van der Waals surface area contributed by atoms with E-state index in [-0.39, 0.29) is 16.4 Å². The Morgan fingerprint density at radius 3 is 2.27 bits per heavy atom. The molecule has 3 aromatic rings. The van der Waals surface area contributed by atoms with Gasteiger partial charge in [0.05, 0.1) is 15.5 Å². The first-order chi connectivity index (χ1) is 15.8. The number of anilines is 1. The minimum Gasteiger partial charge on any atom is -0.336 e. The summed E-state index contributed by atoms with van der Waals surface area (Å²) in [4.78, 5) is 17.4. The molecule has 1 saturated heterocycles. The summed E-state index contributed by atoms with van der Waals surface area (Å²) in [6, 6.07) is 21.4. The molecule has 0 bridgehead atoms. The first-order valence-corrected chi connectivity index (χ1v) is 12.6. The Hall–Kier alpha value is -2.87. The molecule has 0 unspecified atom stereocenters. The number of benzene rings is 3. The lowest BCUT2D eigenvalue weighted by molar-refractivity contribution is 0.0628. The Morgan fingerprint density at radius 2 is 1.61 bits per heavy atom. The van der Waals surface area contributed by atoms with Gasteiger partial charge in [-0.15, -0.1) is 0 Å². The number of amides is 1. The number of carbonyl (C=O) groups excluding carboxylic acids is 1. The second-order valence-electron chi connectivity index (χ2n) is 8.17. The van der Waals surface area contributed by atoms with Crippen LogP contribution in [0.25, 0.3) is 0 Å². The van der Waals surface area contributed by atoms with Crippen LogP contribution in [0, 0.1) is 6.92 Å². The van der Waals surface area contributed by atoms with E-state index in [9.17, 15) is 13.2 Å². The number of piperazine rings is 1. The summed E-state index contributed by atoms with van der Waals surface area (Å²) < 4.78 is 28.0. The molecular formula is C25H26ClN3O3S. The van der Waals surface area contributed by atoms with E-state index in [1.54, 1.807) is 41.3 Å². The maximum Gasteiger partial charge on any atom is 0.261 e. The summed E-state index contributed by atoms with van der Waals surface area (Å²) in [6.07, 6.45) is 0. The molecule has 1 aliphatic heterocycles. The van der Waals surface area contributed by atoms with E-state index in [1.165, 1.54) is 11.6 Å². The average molecular weight is 484 g/mol. The lowest BCUT2D eigenvalue weighted by Crippen LogP contribution is -2.48. The van der Waals surface area contributed by atoms with Crippen molar-refractivity contribution in [1.82, 2.24) is 9.80 Å². The molecule has 0 atom stereocenters. The van der Waals surface area contributed by atoms with Gasteiger partial charge in [0, 0.05) is 38.4 Å². The predicted molar refractivity (Wildman–Crippen MR) is 131 cm³/mol. The van der Waals surface area contributed by atoms with Crippen LogP contribution in [0.3, 0.4) is 0 Å². The SMILES string of the molecule is Cc1ccc(S(=O)(=O)Nc2ccc(Cl)c(C(=O)N3CCN(Cc4ccccc4)CC3)c2)cc1. The van der Waals surface area contributed by atoms with Gasteiger partial charge in [0.25, 0.3) is 15.9 Å². The lowest BCUT2D eigenvalue weighted by Gasteiger charge is -2.35. The van der Waals surface area contributed by atoms with Crippen LogP contribution in [0.5, 0.6) is 0 Å². The first-order valence-electron chi connectivity index (χ1n) is 10.8. The minimum absolute atomic E-state index is 0.158. The summed E-state index contributed by atoms with van der Waals surface area (Å²) in [5.74, 6) is -0.198. The van der Waals surface area contributed by atoms with E-state index < -0.39 is 10.0 Å². The van der Waals surface area contributed by atoms with Crippen LogP contribution in [0.1, 0.15) is 21.5 Å². The molecule has 1 fully saturated rings. The van der Waals surface area contributed by atoms with Gasteiger partial charge in [-0.1, -0.05) is 59.6 Å². The van der Waals surface area contributed by atoms with Crippen molar-refractivity contribution in [2.45, 2.75) is 18.4 Å². The van der Waals surface area contributed by atoms with Crippen LogP contribution in [0.2, 0.25) is 5.02 Å². The molecular weight excluding hydrogens is 458 g/mol. The summed E-state index contributed by atoms with van der Waals surface area (Å²) in [7, 11) is -3.77. The number of nitrogens with zero attached hydrogens (tertiary/aromatic N) is 2. The Balaban J connectivity index is 1.43. The summed E-state index contributed by atoms with van der Waals surface area (Å²) in [5.41, 5.74) is 2.80. The van der Waals surface area contributed by atoms with Crippen molar-refractivity contribution < 1.29 is 13.2 Å². The fraction of sp³-hybridized carbons (Fsp3) is 0.240. The number of hydrogen-bond acceptors (Lipinski definition) is 4. The highest BCUT2D eigenvalue weighted by Crippen LogP contribution is 2.25. The zero-order chi connectivity index (χ0) is 23.4. The van der Waals surface area contributed by atoms with Gasteiger partial charge in [-0.25, -0.2) is 8.42 Å². The number of halogens is 1. The summed E-state index contributed by atoms with van der Waals surface area (Å²) in [6.45, 7) is 5.43. The van der Waals surface area contributed by atoms with E-state index in [4.69, 9.17) is 11.6 Å². The van der Waals surface area contributed by atoms with Crippen LogP contribution in [-0.4, -0.2) is 50.3 Å². The minimum atomic E-state index is -3.77. The van der Waals surface area contributed by atoms with Crippen molar-refractivity contribution in [1.29, 1.82) is 0 Å². The highest BCUT2D eigenvalue weighted by Gasteiger charge is 2.24. The van der Waals surface area contributed by atoms with Crippen LogP contribution < -0.4 is 4.72 Å². The van der Waals surface area contributed by atoms with E-state index in [0.29, 0.717) is 23.8 Å². The number of carbonyl (C=O) groups is 1. The molecule has 0 aliphatic carbocycles. The van der Waals surface area contributed by atoms with Crippen molar-refractivity contribution in [3.05, 3.63) is 94.5 Å². The molecule has 6 nitrogen and oxygen atoms in total. The zero-order valence-corrected chi connectivity index (χ0v) is 19.9. The van der Waals surface area contributed by atoms with Crippen LogP contribution in [0.4, 0.5) is 5.69 Å².